The Balaban J connectivity index is 1.57. The third kappa shape index (κ3) is 4.33. The Hall–Kier alpha value is -2.32. The van der Waals surface area contributed by atoms with E-state index in [-0.39, 0.29) is 31.0 Å². The average Bonchev–Trinajstić information content (AvgIpc) is 3.10. The monoisotopic (exact) mass is 391 g/mol. The van der Waals surface area contributed by atoms with Crippen LogP contribution >= 0.6 is 11.8 Å². The number of carbonyl (C=O) groups excluding carboxylic acids is 3. The molecule has 2 aliphatic heterocycles. The Morgan fingerprint density at radius 2 is 2.00 bits per heavy atom. The quantitative estimate of drug-likeness (QED) is 0.707. The van der Waals surface area contributed by atoms with Gasteiger partial charge in [0.2, 0.25) is 5.91 Å². The van der Waals surface area contributed by atoms with Crippen molar-refractivity contribution in [2.24, 2.45) is 5.92 Å². The molecule has 0 radical (unpaired) electrons. The van der Waals surface area contributed by atoms with Gasteiger partial charge in [0.25, 0.3) is 0 Å². The average molecular weight is 391 g/mol. The van der Waals surface area contributed by atoms with Gasteiger partial charge in [-0.3, -0.25) is 4.79 Å². The highest BCUT2D eigenvalue weighted by Gasteiger charge is 2.44. The Morgan fingerprint density at radius 3 is 2.67 bits per heavy atom. The van der Waals surface area contributed by atoms with Crippen molar-refractivity contribution >= 4 is 29.6 Å². The molecule has 3 unspecified atom stereocenters. The lowest BCUT2D eigenvalue weighted by Gasteiger charge is -2.31. The molecule has 2 N–H and O–H groups in total. The van der Waals surface area contributed by atoms with Gasteiger partial charge in [-0.25, -0.2) is 9.59 Å². The van der Waals surface area contributed by atoms with Gasteiger partial charge in [0, 0.05) is 5.25 Å². The first kappa shape index (κ1) is 19.4. The fourth-order valence-electron chi connectivity index (χ4n) is 3.15. The summed E-state index contributed by atoms with van der Waals surface area (Å²) in [4.78, 5) is 36.5. The van der Waals surface area contributed by atoms with Gasteiger partial charge in [0.15, 0.2) is 0 Å². The van der Waals surface area contributed by atoms with Crippen LogP contribution in [-0.4, -0.2) is 47.5 Å². The number of thioether (sulfide) groups is 1. The number of ether oxygens (including phenoxy) is 2. The molecule has 7 nitrogen and oxygen atoms in total. The first-order valence-electron chi connectivity index (χ1n) is 8.71. The summed E-state index contributed by atoms with van der Waals surface area (Å²) in [7, 11) is 0. The Kier molecular flexibility index (Phi) is 6.18. The summed E-state index contributed by atoms with van der Waals surface area (Å²) in [5.41, 5.74) is 1.81. The van der Waals surface area contributed by atoms with Crippen LogP contribution < -0.4 is 5.32 Å². The van der Waals surface area contributed by atoms with Crippen molar-refractivity contribution in [3.63, 3.8) is 0 Å². The minimum atomic E-state index is -0.633. The molecule has 2 aliphatic rings. The third-order valence-corrected chi connectivity index (χ3v) is 5.80. The molecule has 1 aromatic carbocycles. The van der Waals surface area contributed by atoms with Gasteiger partial charge in [-0.05, 0) is 42.0 Å². The van der Waals surface area contributed by atoms with Crippen LogP contribution in [0.1, 0.15) is 29.3 Å². The van der Waals surface area contributed by atoms with E-state index < -0.39 is 23.9 Å². The van der Waals surface area contributed by atoms with E-state index in [4.69, 9.17) is 14.6 Å². The number of aliphatic hydroxyl groups excluding tert-OH is 1. The van der Waals surface area contributed by atoms with Crippen molar-refractivity contribution in [3.8, 4) is 0 Å². The molecule has 0 aromatic heterocycles. The van der Waals surface area contributed by atoms with Crippen LogP contribution in [-0.2, 0) is 25.7 Å². The maximum atomic E-state index is 12.5. The van der Waals surface area contributed by atoms with Crippen molar-refractivity contribution in [2.75, 3.05) is 13.2 Å². The minimum Gasteiger partial charge on any atom is -0.464 e. The fraction of sp³-hybridized carbons (Fsp3) is 0.421. The number of nitrogens with one attached hydrogen (secondary N) is 1. The Morgan fingerprint density at radius 1 is 1.26 bits per heavy atom. The van der Waals surface area contributed by atoms with Crippen molar-refractivity contribution in [3.05, 3.63) is 46.4 Å². The zero-order valence-electron chi connectivity index (χ0n) is 14.8. The molecular formula is C19H21NO6S. The normalized spacial score (nSPS) is 23.9. The summed E-state index contributed by atoms with van der Waals surface area (Å²) in [6.07, 6.45) is 0.483. The lowest BCUT2D eigenvalue weighted by atomic mass is 9.88. The van der Waals surface area contributed by atoms with Crippen molar-refractivity contribution in [1.29, 1.82) is 0 Å². The predicted molar refractivity (Wildman–Crippen MR) is 98.8 cm³/mol. The first-order valence-corrected chi connectivity index (χ1v) is 9.66. The smallest absolute Gasteiger partial charge is 0.338 e. The van der Waals surface area contributed by atoms with Crippen molar-refractivity contribution in [2.45, 2.75) is 31.2 Å². The van der Waals surface area contributed by atoms with Gasteiger partial charge >= 0.3 is 11.9 Å². The zero-order chi connectivity index (χ0) is 19.4. The topological polar surface area (TPSA) is 102 Å². The molecule has 1 saturated heterocycles. The lowest BCUT2D eigenvalue weighted by Crippen LogP contribution is -2.53. The number of esters is 2. The molecule has 3 atom stereocenters. The number of rotatable bonds is 6. The highest BCUT2D eigenvalue weighted by Crippen LogP contribution is 2.41. The van der Waals surface area contributed by atoms with E-state index in [1.165, 1.54) is 11.8 Å². The molecule has 27 heavy (non-hydrogen) atoms. The van der Waals surface area contributed by atoms with E-state index in [0.717, 1.165) is 5.57 Å². The Bertz CT molecular complexity index is 760. The van der Waals surface area contributed by atoms with Gasteiger partial charge in [0.05, 0.1) is 24.7 Å². The molecule has 3 rings (SSSR count). The summed E-state index contributed by atoms with van der Waals surface area (Å²) < 4.78 is 10.3. The number of hydrogen-bond donors (Lipinski definition) is 2. The zero-order valence-corrected chi connectivity index (χ0v) is 15.7. The van der Waals surface area contributed by atoms with Gasteiger partial charge < -0.3 is 19.9 Å². The van der Waals surface area contributed by atoms with Gasteiger partial charge in [0.1, 0.15) is 12.6 Å². The predicted octanol–water partition coefficient (Wildman–Crippen LogP) is 1.40. The summed E-state index contributed by atoms with van der Waals surface area (Å²) in [5.74, 6) is -1.57. The minimum absolute atomic E-state index is 0.0201. The van der Waals surface area contributed by atoms with Crippen LogP contribution in [0.4, 0.5) is 0 Å². The van der Waals surface area contributed by atoms with E-state index in [0.29, 0.717) is 17.5 Å². The Labute approximate surface area is 161 Å². The number of carbonyl (C=O) groups is 3. The second-order valence-corrected chi connectivity index (χ2v) is 7.44. The first-order chi connectivity index (χ1) is 13.0. The largest absolute Gasteiger partial charge is 0.464 e. The molecule has 144 valence electrons. The van der Waals surface area contributed by atoms with Crippen LogP contribution in [0, 0.1) is 5.92 Å². The summed E-state index contributed by atoms with van der Waals surface area (Å²) in [5, 5.41) is 13.5. The summed E-state index contributed by atoms with van der Waals surface area (Å²) >= 11 is 1.48. The fourth-order valence-corrected chi connectivity index (χ4v) is 4.47. The van der Waals surface area contributed by atoms with Crippen LogP contribution in [0.15, 0.2) is 35.2 Å². The number of piperidine rings is 1. The van der Waals surface area contributed by atoms with Crippen LogP contribution in [0.3, 0.4) is 0 Å². The van der Waals surface area contributed by atoms with Gasteiger partial charge in [-0.1, -0.05) is 12.1 Å². The molecule has 2 heterocycles. The van der Waals surface area contributed by atoms with E-state index in [9.17, 15) is 14.4 Å². The lowest BCUT2D eigenvalue weighted by molar-refractivity contribution is -0.149. The molecule has 0 saturated carbocycles. The second kappa shape index (κ2) is 8.58. The van der Waals surface area contributed by atoms with Crippen LogP contribution in [0.25, 0.3) is 0 Å². The van der Waals surface area contributed by atoms with Crippen molar-refractivity contribution < 1.29 is 29.0 Å². The number of aliphatic hydroxyl groups is 1. The third-order valence-electron chi connectivity index (χ3n) is 4.55. The van der Waals surface area contributed by atoms with Gasteiger partial charge in [-0.2, -0.15) is 0 Å². The number of benzene rings is 1. The molecular weight excluding hydrogens is 370 g/mol. The number of hydrogen-bond acceptors (Lipinski definition) is 7. The summed E-state index contributed by atoms with van der Waals surface area (Å²) in [6, 6.07) is 5.85. The molecule has 8 heteroatoms. The standard InChI is InChI=1S/C19H21NO6S/c1-2-25-19(24)14-7-15-16(17(22)20-14)13(10-27-15)9-26-18(23)12-5-3-11(8-21)4-6-12/h3-6,10,14-16,21H,2,7-9H2,1H3,(H,20,22). The van der Waals surface area contributed by atoms with E-state index in [1.54, 1.807) is 31.2 Å². The van der Waals surface area contributed by atoms with Crippen LogP contribution in [0.5, 0.6) is 0 Å². The number of amides is 1. The molecule has 1 fully saturated rings. The maximum absolute atomic E-state index is 12.5. The van der Waals surface area contributed by atoms with Crippen molar-refractivity contribution in [1.82, 2.24) is 5.32 Å². The van der Waals surface area contributed by atoms with Crippen LogP contribution in [0.2, 0.25) is 0 Å². The highest BCUT2D eigenvalue weighted by atomic mass is 32.2. The molecule has 0 spiro atoms. The van der Waals surface area contributed by atoms with E-state index in [1.807, 2.05) is 5.41 Å². The maximum Gasteiger partial charge on any atom is 0.338 e. The summed E-state index contributed by atoms with van der Waals surface area (Å²) in [6.45, 7) is 1.92. The number of fused-ring (bicyclic) bond motifs is 1. The molecule has 1 amide bonds. The molecule has 1 aromatic rings. The molecule has 0 bridgehead atoms. The highest BCUT2D eigenvalue weighted by molar-refractivity contribution is 8.03. The van der Waals surface area contributed by atoms with E-state index >= 15 is 0 Å². The van der Waals surface area contributed by atoms with E-state index in [2.05, 4.69) is 5.32 Å². The second-order valence-electron chi connectivity index (χ2n) is 6.33. The molecule has 0 aliphatic carbocycles. The van der Waals surface area contributed by atoms with Gasteiger partial charge in [-0.15, -0.1) is 11.8 Å². The SMILES string of the molecule is CCOC(=O)C1CC2SC=C(COC(=O)c3ccc(CO)cc3)C2C(=O)N1.